The van der Waals surface area contributed by atoms with Crippen molar-refractivity contribution < 1.29 is 23.8 Å². The monoisotopic (exact) mass is 951 g/mol. The predicted molar refractivity (Wildman–Crippen MR) is 298 cm³/mol. The van der Waals surface area contributed by atoms with Gasteiger partial charge in [-0.05, 0) is 109 Å². The first-order valence-electron chi connectivity index (χ1n) is 29.8. The summed E-state index contributed by atoms with van der Waals surface area (Å²) in [6.45, 7) is 7.80. The highest BCUT2D eigenvalue weighted by Gasteiger charge is 2.17. The Kier molecular flexibility index (Phi) is 56.8. The standard InChI is InChI=1S/C63H114O5/c1-4-7-10-13-16-19-22-25-28-31-32-34-35-38-41-44-47-50-53-56-62(64)67-60-61(59-66-58-55-52-49-46-43-40-37-30-27-24-21-18-15-12-9-6-3)68-63(65)57-54-51-48-45-42-39-36-33-29-26-23-20-17-14-11-8-5-2/h16,19,25-30,32,34,61H,4-15,17-18,20-24,31,33,35-60H2,1-3H3/b19-16-,28-25-,29-26-,30-27-,34-32-. The molecule has 68 heavy (non-hydrogen) atoms. The van der Waals surface area contributed by atoms with Crippen LogP contribution in [0, 0.1) is 0 Å². The van der Waals surface area contributed by atoms with Crippen molar-refractivity contribution >= 4 is 11.9 Å². The molecular formula is C63H114O5. The van der Waals surface area contributed by atoms with Gasteiger partial charge in [0.25, 0.3) is 0 Å². The Morgan fingerprint density at radius 3 is 1.03 bits per heavy atom. The summed E-state index contributed by atoms with van der Waals surface area (Å²) in [5.41, 5.74) is 0. The van der Waals surface area contributed by atoms with Crippen molar-refractivity contribution in [3.05, 3.63) is 60.8 Å². The van der Waals surface area contributed by atoms with E-state index in [0.29, 0.717) is 19.4 Å². The average Bonchev–Trinajstić information content (AvgIpc) is 3.34. The molecule has 0 aromatic rings. The van der Waals surface area contributed by atoms with Gasteiger partial charge in [-0.3, -0.25) is 9.59 Å². The first-order valence-corrected chi connectivity index (χ1v) is 29.8. The highest BCUT2D eigenvalue weighted by Crippen LogP contribution is 2.15. The van der Waals surface area contributed by atoms with E-state index in [1.165, 1.54) is 199 Å². The molecular weight excluding hydrogens is 837 g/mol. The highest BCUT2D eigenvalue weighted by atomic mass is 16.6. The topological polar surface area (TPSA) is 61.8 Å². The Hall–Kier alpha value is -2.40. The molecule has 0 fully saturated rings. The van der Waals surface area contributed by atoms with Crippen molar-refractivity contribution in [2.24, 2.45) is 0 Å². The van der Waals surface area contributed by atoms with Gasteiger partial charge in [0, 0.05) is 19.4 Å². The van der Waals surface area contributed by atoms with Gasteiger partial charge in [0.15, 0.2) is 6.10 Å². The minimum atomic E-state index is -0.548. The van der Waals surface area contributed by atoms with E-state index in [0.717, 1.165) is 70.6 Å². The number of carbonyl (C=O) groups is 2. The summed E-state index contributed by atoms with van der Waals surface area (Å²) in [7, 11) is 0. The maximum absolute atomic E-state index is 12.9. The van der Waals surface area contributed by atoms with Crippen LogP contribution in [0.3, 0.4) is 0 Å². The van der Waals surface area contributed by atoms with Gasteiger partial charge in [0.05, 0.1) is 6.61 Å². The van der Waals surface area contributed by atoms with Crippen molar-refractivity contribution in [1.82, 2.24) is 0 Å². The maximum atomic E-state index is 12.9. The van der Waals surface area contributed by atoms with Crippen LogP contribution in [0.15, 0.2) is 60.8 Å². The second kappa shape index (κ2) is 58.9. The SMILES string of the molecule is CCCCC/C=C\C/C=C\C/C=C\CCCCCCCCC(=O)OCC(COCCCCCCCC/C=C\CCCCCCCC)OC(=O)CCCCCCCCC/C=C\CCCCCCCC. The van der Waals surface area contributed by atoms with Gasteiger partial charge in [0.1, 0.15) is 6.61 Å². The first kappa shape index (κ1) is 65.6. The lowest BCUT2D eigenvalue weighted by Crippen LogP contribution is -2.30. The number of ether oxygens (including phenoxy) is 3. The summed E-state index contributed by atoms with van der Waals surface area (Å²) in [5.74, 6) is -0.408. The zero-order valence-electron chi connectivity index (χ0n) is 45.6. The van der Waals surface area contributed by atoms with E-state index >= 15 is 0 Å². The van der Waals surface area contributed by atoms with Gasteiger partial charge in [-0.25, -0.2) is 0 Å². The smallest absolute Gasteiger partial charge is 0.306 e. The van der Waals surface area contributed by atoms with Crippen LogP contribution in [0.25, 0.3) is 0 Å². The third-order valence-electron chi connectivity index (χ3n) is 13.0. The van der Waals surface area contributed by atoms with Crippen LogP contribution in [0.4, 0.5) is 0 Å². The molecule has 1 unspecified atom stereocenters. The van der Waals surface area contributed by atoms with Crippen molar-refractivity contribution in [2.75, 3.05) is 19.8 Å². The Balaban J connectivity index is 4.30. The fraction of sp³-hybridized carbons (Fsp3) is 0.810. The van der Waals surface area contributed by atoms with Gasteiger partial charge in [0.2, 0.25) is 0 Å². The van der Waals surface area contributed by atoms with E-state index < -0.39 is 6.10 Å². The van der Waals surface area contributed by atoms with Gasteiger partial charge < -0.3 is 14.2 Å². The molecule has 0 rings (SSSR count). The molecule has 0 aliphatic carbocycles. The highest BCUT2D eigenvalue weighted by molar-refractivity contribution is 5.70. The van der Waals surface area contributed by atoms with E-state index in [4.69, 9.17) is 14.2 Å². The maximum Gasteiger partial charge on any atom is 0.306 e. The largest absolute Gasteiger partial charge is 0.462 e. The predicted octanol–water partition coefficient (Wildman–Crippen LogP) is 20.5. The molecule has 0 heterocycles. The molecule has 5 nitrogen and oxygen atoms in total. The third kappa shape index (κ3) is 56.2. The van der Waals surface area contributed by atoms with E-state index in [2.05, 4.69) is 81.5 Å². The fourth-order valence-corrected chi connectivity index (χ4v) is 8.51. The molecule has 0 spiro atoms. The van der Waals surface area contributed by atoms with Crippen molar-refractivity contribution in [2.45, 2.75) is 309 Å². The van der Waals surface area contributed by atoms with Crippen LogP contribution in [0.2, 0.25) is 0 Å². The van der Waals surface area contributed by atoms with Crippen LogP contribution in [-0.2, 0) is 23.8 Å². The van der Waals surface area contributed by atoms with Crippen LogP contribution in [0.5, 0.6) is 0 Å². The summed E-state index contributed by atoms with van der Waals surface area (Å²) in [6.07, 6.45) is 75.2. The number of hydrogen-bond donors (Lipinski definition) is 0. The van der Waals surface area contributed by atoms with E-state index in [-0.39, 0.29) is 25.2 Å². The van der Waals surface area contributed by atoms with Crippen LogP contribution in [-0.4, -0.2) is 37.9 Å². The zero-order valence-corrected chi connectivity index (χ0v) is 45.6. The summed E-state index contributed by atoms with van der Waals surface area (Å²) in [6, 6.07) is 0. The van der Waals surface area contributed by atoms with Gasteiger partial charge >= 0.3 is 11.9 Å². The molecule has 0 aliphatic heterocycles. The van der Waals surface area contributed by atoms with Crippen molar-refractivity contribution in [3.63, 3.8) is 0 Å². The fourth-order valence-electron chi connectivity index (χ4n) is 8.51. The molecule has 0 radical (unpaired) electrons. The number of esters is 2. The van der Waals surface area contributed by atoms with Gasteiger partial charge in [-0.15, -0.1) is 0 Å². The Labute approximate surface area is 424 Å². The summed E-state index contributed by atoms with van der Waals surface area (Å²) >= 11 is 0. The van der Waals surface area contributed by atoms with E-state index in [1.807, 2.05) is 0 Å². The molecule has 5 heteroatoms. The summed E-state index contributed by atoms with van der Waals surface area (Å²) < 4.78 is 17.5. The molecule has 0 saturated heterocycles. The second-order valence-corrected chi connectivity index (χ2v) is 19.9. The lowest BCUT2D eigenvalue weighted by molar-refractivity contribution is -0.163. The molecule has 0 saturated carbocycles. The molecule has 0 aromatic carbocycles. The van der Waals surface area contributed by atoms with Crippen LogP contribution in [0.1, 0.15) is 303 Å². The Morgan fingerprint density at radius 1 is 0.324 bits per heavy atom. The minimum Gasteiger partial charge on any atom is -0.462 e. The second-order valence-electron chi connectivity index (χ2n) is 19.9. The number of unbranched alkanes of at least 4 members (excludes halogenated alkanes) is 34. The first-order chi connectivity index (χ1) is 33.6. The molecule has 0 N–H and O–H groups in total. The minimum absolute atomic E-state index is 0.0751. The summed E-state index contributed by atoms with van der Waals surface area (Å²) in [5, 5.41) is 0. The zero-order chi connectivity index (χ0) is 49.2. The van der Waals surface area contributed by atoms with E-state index in [1.54, 1.807) is 0 Å². The van der Waals surface area contributed by atoms with Crippen molar-refractivity contribution in [3.8, 4) is 0 Å². The molecule has 0 bridgehead atoms. The number of rotatable bonds is 55. The van der Waals surface area contributed by atoms with Gasteiger partial charge in [-0.1, -0.05) is 242 Å². The lowest BCUT2D eigenvalue weighted by atomic mass is 10.1. The number of carbonyl (C=O) groups excluding carboxylic acids is 2. The Bertz CT molecular complexity index is 1170. The number of allylic oxidation sites excluding steroid dienone is 10. The van der Waals surface area contributed by atoms with Gasteiger partial charge in [-0.2, -0.15) is 0 Å². The third-order valence-corrected chi connectivity index (χ3v) is 13.0. The van der Waals surface area contributed by atoms with E-state index in [9.17, 15) is 9.59 Å². The van der Waals surface area contributed by atoms with Crippen LogP contribution >= 0.6 is 0 Å². The lowest BCUT2D eigenvalue weighted by Gasteiger charge is -2.18. The van der Waals surface area contributed by atoms with Crippen molar-refractivity contribution in [1.29, 1.82) is 0 Å². The molecule has 0 aromatic heterocycles. The molecule has 396 valence electrons. The Morgan fingerprint density at radius 2 is 0.618 bits per heavy atom. The average molecular weight is 952 g/mol. The normalized spacial score (nSPS) is 12.6. The summed E-state index contributed by atoms with van der Waals surface area (Å²) in [4.78, 5) is 25.6. The van der Waals surface area contributed by atoms with Crippen LogP contribution < -0.4 is 0 Å². The molecule has 0 aliphatic rings. The number of hydrogen-bond acceptors (Lipinski definition) is 5. The quantitative estimate of drug-likeness (QED) is 0.0345. The molecule has 0 amide bonds. The molecule has 1 atom stereocenters.